The van der Waals surface area contributed by atoms with Gasteiger partial charge in [-0.15, -0.1) is 0 Å². The molecule has 2 aromatic carbocycles. The number of hydrogen-bond donors (Lipinski definition) is 1. The van der Waals surface area contributed by atoms with Gasteiger partial charge in [-0.05, 0) is 29.3 Å². The van der Waals surface area contributed by atoms with E-state index in [0.29, 0.717) is 13.2 Å². The highest BCUT2D eigenvalue weighted by Crippen LogP contribution is 2.27. The van der Waals surface area contributed by atoms with Crippen LogP contribution in [-0.2, 0) is 11.3 Å². The van der Waals surface area contributed by atoms with Crippen LogP contribution in [-0.4, -0.2) is 6.61 Å². The fourth-order valence-corrected chi connectivity index (χ4v) is 2.28. The zero-order valence-corrected chi connectivity index (χ0v) is 9.90. The Labute approximate surface area is 105 Å². The highest BCUT2D eigenvalue weighted by Gasteiger charge is 2.19. The molecular weight excluding hydrogens is 229 g/mol. The van der Waals surface area contributed by atoms with Crippen LogP contribution >= 0.6 is 0 Å². The smallest absolute Gasteiger partial charge is 0.125 e. The minimum absolute atomic E-state index is 0.0803. The third-order valence-corrected chi connectivity index (χ3v) is 3.14. The molecule has 2 aromatic rings. The van der Waals surface area contributed by atoms with Gasteiger partial charge in [-0.3, -0.25) is 0 Å². The van der Waals surface area contributed by atoms with E-state index in [2.05, 4.69) is 17.4 Å². The lowest BCUT2D eigenvalue weighted by Crippen LogP contribution is -2.23. The summed E-state index contributed by atoms with van der Waals surface area (Å²) in [5.41, 5.74) is 3.20. The quantitative estimate of drug-likeness (QED) is 0.871. The van der Waals surface area contributed by atoms with Crippen molar-refractivity contribution in [1.29, 1.82) is 0 Å². The van der Waals surface area contributed by atoms with Crippen LogP contribution in [0.15, 0.2) is 48.5 Å². The van der Waals surface area contributed by atoms with E-state index in [0.717, 1.165) is 5.69 Å². The van der Waals surface area contributed by atoms with Crippen molar-refractivity contribution in [3.05, 3.63) is 65.5 Å². The summed E-state index contributed by atoms with van der Waals surface area (Å²) in [4.78, 5) is 0. The molecule has 0 fully saturated rings. The van der Waals surface area contributed by atoms with Gasteiger partial charge in [-0.1, -0.05) is 30.3 Å². The van der Waals surface area contributed by atoms with Crippen molar-refractivity contribution in [2.45, 2.75) is 12.6 Å². The van der Waals surface area contributed by atoms with Crippen LogP contribution in [0.25, 0.3) is 0 Å². The number of rotatable bonds is 2. The lowest BCUT2D eigenvalue weighted by molar-refractivity contribution is 0.0970. The van der Waals surface area contributed by atoms with Crippen LogP contribution in [0.4, 0.5) is 10.1 Å². The molecule has 1 unspecified atom stereocenters. The summed E-state index contributed by atoms with van der Waals surface area (Å²) in [5, 5.41) is 3.31. The maximum absolute atomic E-state index is 13.1. The van der Waals surface area contributed by atoms with Gasteiger partial charge in [0.05, 0.1) is 19.3 Å². The number of benzene rings is 2. The van der Waals surface area contributed by atoms with Gasteiger partial charge in [-0.25, -0.2) is 4.39 Å². The second kappa shape index (κ2) is 4.78. The molecule has 0 saturated carbocycles. The molecule has 0 spiro atoms. The molecule has 0 radical (unpaired) electrons. The first-order valence-electron chi connectivity index (χ1n) is 6.00. The number of ether oxygens (including phenoxy) is 1. The molecule has 3 heteroatoms. The average molecular weight is 243 g/mol. The van der Waals surface area contributed by atoms with E-state index in [4.69, 9.17) is 4.74 Å². The number of fused-ring (bicyclic) bond motifs is 1. The minimum Gasteiger partial charge on any atom is -0.376 e. The first-order valence-corrected chi connectivity index (χ1v) is 6.00. The number of halogens is 1. The van der Waals surface area contributed by atoms with Gasteiger partial charge in [0.1, 0.15) is 5.82 Å². The first kappa shape index (κ1) is 11.2. The Morgan fingerprint density at radius 3 is 2.89 bits per heavy atom. The summed E-state index contributed by atoms with van der Waals surface area (Å²) in [6.45, 7) is 1.25. The van der Waals surface area contributed by atoms with Crippen LogP contribution in [0.5, 0.6) is 0 Å². The van der Waals surface area contributed by atoms with Gasteiger partial charge in [-0.2, -0.15) is 0 Å². The number of anilines is 1. The molecule has 0 amide bonds. The van der Waals surface area contributed by atoms with Gasteiger partial charge in [0.25, 0.3) is 0 Å². The van der Waals surface area contributed by atoms with Crippen LogP contribution in [0.1, 0.15) is 17.2 Å². The van der Waals surface area contributed by atoms with E-state index in [1.54, 1.807) is 6.07 Å². The molecule has 0 saturated heterocycles. The molecule has 2 nitrogen and oxygen atoms in total. The van der Waals surface area contributed by atoms with E-state index < -0.39 is 0 Å². The summed E-state index contributed by atoms with van der Waals surface area (Å²) in [7, 11) is 0. The maximum Gasteiger partial charge on any atom is 0.125 e. The van der Waals surface area contributed by atoms with E-state index in [-0.39, 0.29) is 11.9 Å². The Hall–Kier alpha value is -1.87. The first-order chi connectivity index (χ1) is 8.83. The zero-order chi connectivity index (χ0) is 12.4. The summed E-state index contributed by atoms with van der Waals surface area (Å²) in [5.74, 6) is -0.231. The molecule has 1 N–H and O–H groups in total. The topological polar surface area (TPSA) is 21.3 Å². The Bertz CT molecular complexity index is 556. The van der Waals surface area contributed by atoms with Crippen molar-refractivity contribution in [2.24, 2.45) is 0 Å². The standard InChI is InChI=1S/C15H14FNO/c16-12-5-3-6-13(8-12)17-15-10-18-9-11-4-1-2-7-14(11)15/h1-8,15,17H,9-10H2. The maximum atomic E-state index is 13.1. The Morgan fingerprint density at radius 1 is 1.11 bits per heavy atom. The molecule has 92 valence electrons. The van der Waals surface area contributed by atoms with Crippen molar-refractivity contribution < 1.29 is 9.13 Å². The minimum atomic E-state index is -0.231. The highest BCUT2D eigenvalue weighted by atomic mass is 19.1. The van der Waals surface area contributed by atoms with E-state index in [1.807, 2.05) is 18.2 Å². The predicted molar refractivity (Wildman–Crippen MR) is 68.9 cm³/mol. The number of hydrogen-bond acceptors (Lipinski definition) is 2. The lowest BCUT2D eigenvalue weighted by atomic mass is 9.99. The van der Waals surface area contributed by atoms with E-state index in [9.17, 15) is 4.39 Å². The molecule has 0 aromatic heterocycles. The van der Waals surface area contributed by atoms with Crippen molar-refractivity contribution in [3.63, 3.8) is 0 Å². The monoisotopic (exact) mass is 243 g/mol. The van der Waals surface area contributed by atoms with Crippen LogP contribution in [0.2, 0.25) is 0 Å². The molecule has 18 heavy (non-hydrogen) atoms. The zero-order valence-electron chi connectivity index (χ0n) is 9.90. The van der Waals surface area contributed by atoms with Crippen LogP contribution in [0, 0.1) is 5.82 Å². The lowest BCUT2D eigenvalue weighted by Gasteiger charge is -2.27. The SMILES string of the molecule is Fc1cccc(NC2COCc3ccccc32)c1. The molecule has 1 heterocycles. The fourth-order valence-electron chi connectivity index (χ4n) is 2.28. The van der Waals surface area contributed by atoms with Gasteiger partial charge < -0.3 is 10.1 Å². The molecule has 0 bridgehead atoms. The third kappa shape index (κ3) is 2.22. The van der Waals surface area contributed by atoms with Crippen molar-refractivity contribution in [1.82, 2.24) is 0 Å². The normalized spacial score (nSPS) is 18.2. The average Bonchev–Trinajstić information content (AvgIpc) is 2.39. The molecule has 1 aliphatic rings. The molecular formula is C15H14FNO. The highest BCUT2D eigenvalue weighted by molar-refractivity contribution is 5.47. The summed E-state index contributed by atoms with van der Waals surface area (Å²) < 4.78 is 18.7. The number of nitrogens with one attached hydrogen (secondary N) is 1. The Balaban J connectivity index is 1.86. The Morgan fingerprint density at radius 2 is 2.00 bits per heavy atom. The van der Waals surface area contributed by atoms with Gasteiger partial charge in [0.2, 0.25) is 0 Å². The molecule has 0 aliphatic carbocycles. The molecule has 3 rings (SSSR count). The van der Waals surface area contributed by atoms with E-state index in [1.165, 1.54) is 23.3 Å². The largest absolute Gasteiger partial charge is 0.376 e. The summed E-state index contributed by atoms with van der Waals surface area (Å²) in [6.07, 6.45) is 0. The van der Waals surface area contributed by atoms with Gasteiger partial charge >= 0.3 is 0 Å². The van der Waals surface area contributed by atoms with Crippen molar-refractivity contribution >= 4 is 5.69 Å². The van der Waals surface area contributed by atoms with Crippen LogP contribution < -0.4 is 5.32 Å². The van der Waals surface area contributed by atoms with E-state index >= 15 is 0 Å². The van der Waals surface area contributed by atoms with Crippen molar-refractivity contribution in [3.8, 4) is 0 Å². The summed E-state index contributed by atoms with van der Waals surface area (Å²) in [6, 6.07) is 14.8. The Kier molecular flexibility index (Phi) is 2.99. The summed E-state index contributed by atoms with van der Waals surface area (Å²) >= 11 is 0. The van der Waals surface area contributed by atoms with Crippen molar-refractivity contribution in [2.75, 3.05) is 11.9 Å². The second-order valence-electron chi connectivity index (χ2n) is 4.42. The third-order valence-electron chi connectivity index (χ3n) is 3.14. The van der Waals surface area contributed by atoms with Gasteiger partial charge in [0.15, 0.2) is 0 Å². The van der Waals surface area contributed by atoms with Crippen LogP contribution in [0.3, 0.4) is 0 Å². The molecule has 1 aliphatic heterocycles. The molecule has 1 atom stereocenters. The second-order valence-corrected chi connectivity index (χ2v) is 4.42. The fraction of sp³-hybridized carbons (Fsp3) is 0.200. The predicted octanol–water partition coefficient (Wildman–Crippen LogP) is 3.51. The van der Waals surface area contributed by atoms with Gasteiger partial charge in [0, 0.05) is 5.69 Å².